The molecule has 1 rings (SSSR count). The van der Waals surface area contributed by atoms with Crippen LogP contribution in [0.4, 0.5) is 0 Å². The van der Waals surface area contributed by atoms with Gasteiger partial charge in [-0.25, -0.2) is 0 Å². The molecule has 0 saturated carbocycles. The van der Waals surface area contributed by atoms with Crippen molar-refractivity contribution in [2.24, 2.45) is 0 Å². The van der Waals surface area contributed by atoms with Gasteiger partial charge in [0, 0.05) is 15.6 Å². The topological polar surface area (TPSA) is 26.3 Å². The highest BCUT2D eigenvalue weighted by Crippen LogP contribution is 2.31. The van der Waals surface area contributed by atoms with Gasteiger partial charge in [0.2, 0.25) is 0 Å². The van der Waals surface area contributed by atoms with Crippen LogP contribution >= 0.6 is 34.2 Å². The third-order valence-electron chi connectivity index (χ3n) is 1.86. The van der Waals surface area contributed by atoms with E-state index in [-0.39, 0.29) is 5.78 Å². The number of hydrogen-bond acceptors (Lipinski definition) is 2. The third-order valence-corrected chi connectivity index (χ3v) is 3.42. The van der Waals surface area contributed by atoms with Crippen molar-refractivity contribution in [1.29, 1.82) is 0 Å². The van der Waals surface area contributed by atoms with Crippen molar-refractivity contribution in [2.75, 3.05) is 7.11 Å². The Morgan fingerprint density at radius 1 is 1.57 bits per heavy atom. The average Bonchev–Trinajstić information content (AvgIpc) is 2.20. The van der Waals surface area contributed by atoms with Crippen LogP contribution in [0.1, 0.15) is 23.7 Å². The maximum absolute atomic E-state index is 11.4. The number of benzene rings is 1. The highest BCUT2D eigenvalue weighted by molar-refractivity contribution is 14.1. The largest absolute Gasteiger partial charge is 0.495 e. The molecule has 0 atom stereocenters. The van der Waals surface area contributed by atoms with E-state index in [1.807, 2.05) is 6.92 Å². The van der Waals surface area contributed by atoms with Crippen LogP contribution in [-0.4, -0.2) is 12.9 Å². The molecule has 0 aromatic heterocycles. The van der Waals surface area contributed by atoms with Crippen LogP contribution in [0.15, 0.2) is 12.1 Å². The van der Waals surface area contributed by atoms with Crippen molar-refractivity contribution in [3.63, 3.8) is 0 Å². The van der Waals surface area contributed by atoms with E-state index in [2.05, 4.69) is 22.6 Å². The Bertz CT molecular complexity index is 363. The van der Waals surface area contributed by atoms with Crippen LogP contribution in [0, 0.1) is 3.57 Å². The highest BCUT2D eigenvalue weighted by Gasteiger charge is 2.11. The summed E-state index contributed by atoms with van der Waals surface area (Å²) < 4.78 is 5.91. The molecule has 0 spiro atoms. The number of ketones is 1. The van der Waals surface area contributed by atoms with Gasteiger partial charge in [0.05, 0.1) is 12.1 Å². The standard InChI is InChI=1S/C10H10ClIO2/c1-3-8(13)6-4-7(12)10(11)9(5-6)14-2/h4-5H,3H2,1-2H3. The molecule has 0 unspecified atom stereocenters. The zero-order chi connectivity index (χ0) is 10.7. The monoisotopic (exact) mass is 324 g/mol. The van der Waals surface area contributed by atoms with Gasteiger partial charge in [0.15, 0.2) is 5.78 Å². The summed E-state index contributed by atoms with van der Waals surface area (Å²) in [6.45, 7) is 1.83. The summed E-state index contributed by atoms with van der Waals surface area (Å²) >= 11 is 8.05. The Morgan fingerprint density at radius 2 is 2.21 bits per heavy atom. The molecule has 1 aromatic rings. The van der Waals surface area contributed by atoms with Gasteiger partial charge < -0.3 is 4.74 Å². The van der Waals surface area contributed by atoms with Gasteiger partial charge in [-0.05, 0) is 34.7 Å². The molecule has 0 bridgehead atoms. The van der Waals surface area contributed by atoms with Gasteiger partial charge in [-0.3, -0.25) is 4.79 Å². The fourth-order valence-electron chi connectivity index (χ4n) is 1.08. The lowest BCUT2D eigenvalue weighted by Crippen LogP contribution is -1.98. The number of halogens is 2. The minimum atomic E-state index is 0.0953. The molecular weight excluding hydrogens is 314 g/mol. The maximum atomic E-state index is 11.4. The Kier molecular flexibility index (Phi) is 4.19. The molecule has 4 heteroatoms. The summed E-state index contributed by atoms with van der Waals surface area (Å²) in [6.07, 6.45) is 0.487. The van der Waals surface area contributed by atoms with Gasteiger partial charge in [0.25, 0.3) is 0 Å². The van der Waals surface area contributed by atoms with Crippen molar-refractivity contribution in [2.45, 2.75) is 13.3 Å². The molecule has 0 fully saturated rings. The summed E-state index contributed by atoms with van der Waals surface area (Å²) in [5.74, 6) is 0.647. The summed E-state index contributed by atoms with van der Waals surface area (Å²) in [5, 5.41) is 0.556. The second-order valence-electron chi connectivity index (χ2n) is 2.75. The van der Waals surface area contributed by atoms with E-state index < -0.39 is 0 Å². The third kappa shape index (κ3) is 2.39. The lowest BCUT2D eigenvalue weighted by Gasteiger charge is -2.07. The fourth-order valence-corrected chi connectivity index (χ4v) is 1.87. The van der Waals surface area contributed by atoms with Gasteiger partial charge in [0.1, 0.15) is 5.75 Å². The Balaban J connectivity index is 3.22. The van der Waals surface area contributed by atoms with E-state index in [1.165, 1.54) is 7.11 Å². The summed E-state index contributed by atoms with van der Waals surface area (Å²) in [7, 11) is 1.54. The number of ether oxygens (including phenoxy) is 1. The molecule has 0 aliphatic heterocycles. The van der Waals surface area contributed by atoms with Crippen molar-refractivity contribution in [3.05, 3.63) is 26.3 Å². The van der Waals surface area contributed by atoms with Crippen LogP contribution in [0.5, 0.6) is 5.75 Å². The molecule has 76 valence electrons. The molecule has 14 heavy (non-hydrogen) atoms. The van der Waals surface area contributed by atoms with Crippen LogP contribution in [0.25, 0.3) is 0 Å². The molecule has 1 aromatic carbocycles. The molecule has 0 aliphatic carbocycles. The lowest BCUT2D eigenvalue weighted by atomic mass is 10.1. The van der Waals surface area contributed by atoms with Gasteiger partial charge in [-0.2, -0.15) is 0 Å². The van der Waals surface area contributed by atoms with Crippen molar-refractivity contribution in [1.82, 2.24) is 0 Å². The molecule has 0 amide bonds. The normalized spacial score (nSPS) is 10.0. The maximum Gasteiger partial charge on any atom is 0.162 e. The Hall–Kier alpha value is -0.290. The van der Waals surface area contributed by atoms with E-state index in [9.17, 15) is 4.79 Å². The molecule has 0 radical (unpaired) electrons. The first kappa shape index (κ1) is 11.8. The molecule has 0 aliphatic rings. The number of rotatable bonds is 3. The number of Topliss-reactive ketones (excluding diaryl/α,β-unsaturated/α-hetero) is 1. The van der Waals surface area contributed by atoms with E-state index in [4.69, 9.17) is 16.3 Å². The predicted molar refractivity (Wildman–Crippen MR) is 65.3 cm³/mol. The van der Waals surface area contributed by atoms with Crippen LogP contribution in [0.2, 0.25) is 5.02 Å². The van der Waals surface area contributed by atoms with E-state index in [1.54, 1.807) is 12.1 Å². The SMILES string of the molecule is CCC(=O)c1cc(I)c(Cl)c(OC)c1. The zero-order valence-electron chi connectivity index (χ0n) is 7.93. The lowest BCUT2D eigenvalue weighted by molar-refractivity contribution is 0.0988. The first-order valence-corrected chi connectivity index (χ1v) is 5.62. The van der Waals surface area contributed by atoms with Gasteiger partial charge in [-0.1, -0.05) is 18.5 Å². The fraction of sp³-hybridized carbons (Fsp3) is 0.300. The first-order valence-electron chi connectivity index (χ1n) is 4.16. The van der Waals surface area contributed by atoms with E-state index in [0.717, 1.165) is 3.57 Å². The van der Waals surface area contributed by atoms with Gasteiger partial charge >= 0.3 is 0 Å². The Labute approximate surface area is 102 Å². The number of carbonyl (C=O) groups is 1. The van der Waals surface area contributed by atoms with Crippen molar-refractivity contribution in [3.8, 4) is 5.75 Å². The number of hydrogen-bond donors (Lipinski definition) is 0. The minimum absolute atomic E-state index is 0.0953. The quantitative estimate of drug-likeness (QED) is 0.628. The van der Waals surface area contributed by atoms with E-state index >= 15 is 0 Å². The Morgan fingerprint density at radius 3 is 2.71 bits per heavy atom. The summed E-state index contributed by atoms with van der Waals surface area (Å²) in [6, 6.07) is 3.45. The predicted octanol–water partition coefficient (Wildman–Crippen LogP) is 3.55. The number of carbonyl (C=O) groups excluding carboxylic acids is 1. The highest BCUT2D eigenvalue weighted by atomic mass is 127. The molecule has 0 heterocycles. The van der Waals surface area contributed by atoms with Crippen molar-refractivity contribution < 1.29 is 9.53 Å². The number of methoxy groups -OCH3 is 1. The molecular formula is C10H10ClIO2. The molecule has 2 nitrogen and oxygen atoms in total. The van der Waals surface area contributed by atoms with Gasteiger partial charge in [-0.15, -0.1) is 0 Å². The molecule has 0 N–H and O–H groups in total. The zero-order valence-corrected chi connectivity index (χ0v) is 10.8. The smallest absolute Gasteiger partial charge is 0.162 e. The summed E-state index contributed by atoms with van der Waals surface area (Å²) in [4.78, 5) is 11.4. The first-order chi connectivity index (χ1) is 6.60. The van der Waals surface area contributed by atoms with Crippen LogP contribution in [-0.2, 0) is 0 Å². The second-order valence-corrected chi connectivity index (χ2v) is 4.29. The minimum Gasteiger partial charge on any atom is -0.495 e. The average molecular weight is 325 g/mol. The second kappa shape index (κ2) is 4.98. The van der Waals surface area contributed by atoms with Crippen molar-refractivity contribution >= 4 is 40.0 Å². The van der Waals surface area contributed by atoms with E-state index in [0.29, 0.717) is 22.8 Å². The van der Waals surface area contributed by atoms with Crippen LogP contribution < -0.4 is 4.74 Å². The van der Waals surface area contributed by atoms with Crippen LogP contribution in [0.3, 0.4) is 0 Å². The summed E-state index contributed by atoms with van der Waals surface area (Å²) in [5.41, 5.74) is 0.651. The molecule has 0 saturated heterocycles.